The Morgan fingerprint density at radius 1 is 1.20 bits per heavy atom. The molecule has 0 aliphatic carbocycles. The number of nitrogens with zero attached hydrogens (tertiary/aromatic N) is 3. The predicted octanol–water partition coefficient (Wildman–Crippen LogP) is 0.996. The van der Waals surface area contributed by atoms with Crippen LogP contribution in [0, 0.1) is 10.1 Å². The number of carbonyl (C=O) groups is 1. The summed E-state index contributed by atoms with van der Waals surface area (Å²) in [5.41, 5.74) is -0.174. The van der Waals surface area contributed by atoms with Crippen molar-refractivity contribution < 1.29 is 23.1 Å². The zero-order valence-electron chi connectivity index (χ0n) is 15.4. The number of para-hydroxylation sites is 1. The van der Waals surface area contributed by atoms with E-state index >= 15 is 0 Å². The van der Waals surface area contributed by atoms with Crippen molar-refractivity contribution >= 4 is 32.5 Å². The first-order valence-electron chi connectivity index (χ1n) is 8.36. The molecule has 2 aromatic carbocycles. The minimum Gasteiger partial charge on any atom is -0.326 e. The van der Waals surface area contributed by atoms with Gasteiger partial charge in [0, 0.05) is 12.6 Å². The molecule has 2 N–H and O–H groups in total. The van der Waals surface area contributed by atoms with Gasteiger partial charge in [0.05, 0.1) is 15.8 Å². The van der Waals surface area contributed by atoms with E-state index in [1.807, 2.05) is 0 Å². The number of rotatable bonds is 7. The molecule has 13 heteroatoms. The number of benzene rings is 2. The van der Waals surface area contributed by atoms with Crippen LogP contribution in [0.1, 0.15) is 12.7 Å². The van der Waals surface area contributed by atoms with Gasteiger partial charge < -0.3 is 10.2 Å². The van der Waals surface area contributed by atoms with Gasteiger partial charge in [0.2, 0.25) is 5.91 Å². The summed E-state index contributed by atoms with van der Waals surface area (Å²) in [5, 5.41) is 12.1. The molecule has 0 fully saturated rings. The van der Waals surface area contributed by atoms with Gasteiger partial charge in [-0.3, -0.25) is 9.59 Å². The van der Waals surface area contributed by atoms with Crippen LogP contribution in [-0.2, 0) is 26.3 Å². The highest BCUT2D eigenvalue weighted by molar-refractivity contribution is 7.92. The minimum atomic E-state index is -4.28. The first-order chi connectivity index (χ1) is 14.2. The Morgan fingerprint density at radius 3 is 2.50 bits per heavy atom. The molecule has 1 heterocycles. The van der Waals surface area contributed by atoms with Gasteiger partial charge in [-0.05, 0) is 36.4 Å². The lowest BCUT2D eigenvalue weighted by molar-refractivity contribution is -0.763. The summed E-state index contributed by atoms with van der Waals surface area (Å²) in [4.78, 5) is 44.7. The lowest BCUT2D eigenvalue weighted by Gasteiger charge is -2.15. The van der Waals surface area contributed by atoms with Gasteiger partial charge >= 0.3 is 0 Å². The van der Waals surface area contributed by atoms with E-state index in [4.69, 9.17) is 0 Å². The molecule has 0 radical (unpaired) electrons. The molecule has 1 aromatic heterocycles. The molecule has 156 valence electrons. The van der Waals surface area contributed by atoms with Crippen molar-refractivity contribution in [2.45, 2.75) is 18.4 Å². The Hall–Kier alpha value is -4.00. The van der Waals surface area contributed by atoms with Crippen molar-refractivity contribution in [2.24, 2.45) is 0 Å². The highest BCUT2D eigenvalue weighted by Crippen LogP contribution is 2.15. The summed E-state index contributed by atoms with van der Waals surface area (Å²) < 4.78 is 26.1. The van der Waals surface area contributed by atoms with Gasteiger partial charge in [-0.2, -0.15) is 13.1 Å². The molecule has 0 aliphatic rings. The second-order valence-electron chi connectivity index (χ2n) is 5.98. The van der Waals surface area contributed by atoms with Crippen LogP contribution in [0.4, 0.5) is 5.69 Å². The second-order valence-corrected chi connectivity index (χ2v) is 7.64. The van der Waals surface area contributed by atoms with Crippen LogP contribution >= 0.6 is 0 Å². The third-order valence-electron chi connectivity index (χ3n) is 3.84. The fraction of sp³-hybridized carbons (Fsp3) is 0.118. The van der Waals surface area contributed by atoms with Crippen LogP contribution in [-0.4, -0.2) is 29.1 Å². The molecular weight excluding hydrogens is 418 g/mol. The fourth-order valence-corrected chi connectivity index (χ4v) is 3.60. The first-order valence-corrected chi connectivity index (χ1v) is 9.84. The summed E-state index contributed by atoms with van der Waals surface area (Å²) in [6.07, 6.45) is 0. The van der Waals surface area contributed by atoms with Crippen molar-refractivity contribution in [1.29, 1.82) is 0 Å². The van der Waals surface area contributed by atoms with Gasteiger partial charge in [0.1, 0.15) is 0 Å². The molecule has 1 amide bonds. The molecule has 0 saturated carbocycles. The van der Waals surface area contributed by atoms with Gasteiger partial charge in [-0.15, -0.1) is 10.1 Å². The second kappa shape index (κ2) is 8.16. The maximum atomic E-state index is 12.8. The van der Waals surface area contributed by atoms with Crippen LogP contribution < -0.4 is 15.7 Å². The van der Waals surface area contributed by atoms with E-state index in [9.17, 15) is 28.1 Å². The Balaban J connectivity index is 2.03. The molecule has 0 spiro atoms. The van der Waals surface area contributed by atoms with Crippen molar-refractivity contribution in [2.75, 3.05) is 10.1 Å². The minimum absolute atomic E-state index is 0.103. The third-order valence-corrected chi connectivity index (χ3v) is 5.16. The van der Waals surface area contributed by atoms with Crippen molar-refractivity contribution in [3.63, 3.8) is 0 Å². The van der Waals surface area contributed by atoms with Crippen molar-refractivity contribution in [1.82, 2.24) is 9.66 Å². The Kier molecular flexibility index (Phi) is 5.64. The van der Waals surface area contributed by atoms with E-state index in [2.05, 4.69) is 20.0 Å². The van der Waals surface area contributed by atoms with Crippen LogP contribution in [0.3, 0.4) is 0 Å². The SMILES string of the molecule is CC(=O)Nc1ccc(S(=O)(=O)Nn2c(CO[N+](=O)[O-])nc3ccccc3c2=O)cc1. The molecule has 0 bridgehead atoms. The van der Waals surface area contributed by atoms with E-state index in [0.29, 0.717) is 10.4 Å². The van der Waals surface area contributed by atoms with E-state index in [1.54, 1.807) is 12.1 Å². The number of anilines is 1. The van der Waals surface area contributed by atoms with Crippen LogP contribution in [0.5, 0.6) is 0 Å². The lowest BCUT2D eigenvalue weighted by Crippen LogP contribution is -2.36. The van der Waals surface area contributed by atoms with E-state index < -0.39 is 27.3 Å². The monoisotopic (exact) mass is 433 g/mol. The quantitative estimate of drug-likeness (QED) is 0.412. The van der Waals surface area contributed by atoms with Gasteiger partial charge in [0.15, 0.2) is 12.4 Å². The Morgan fingerprint density at radius 2 is 1.87 bits per heavy atom. The number of carbonyl (C=O) groups excluding carboxylic acids is 1. The number of sulfonamides is 1. The molecule has 3 aromatic rings. The van der Waals surface area contributed by atoms with Crippen molar-refractivity contribution in [3.05, 3.63) is 74.8 Å². The zero-order valence-corrected chi connectivity index (χ0v) is 16.3. The number of fused-ring (bicyclic) bond motifs is 1. The Labute approximate surface area is 169 Å². The molecule has 12 nitrogen and oxygen atoms in total. The fourth-order valence-electron chi connectivity index (χ4n) is 2.57. The number of aromatic nitrogens is 2. The van der Waals surface area contributed by atoms with E-state index in [0.717, 1.165) is 0 Å². The molecule has 0 aliphatic heterocycles. The summed E-state index contributed by atoms with van der Waals surface area (Å²) >= 11 is 0. The number of amides is 1. The van der Waals surface area contributed by atoms with Gasteiger partial charge in [0.25, 0.3) is 20.7 Å². The molecular formula is C17H15N5O7S. The largest absolute Gasteiger partial charge is 0.326 e. The summed E-state index contributed by atoms with van der Waals surface area (Å²) in [6.45, 7) is 0.553. The standard InChI is InChI=1S/C17H15N5O7S/c1-11(23)18-12-6-8-13(9-7-12)30(27,28)20-21-16(10-29-22(25)26)19-15-5-3-2-4-14(15)17(21)24/h2-9,20H,10H2,1H3,(H,18,23). The normalized spacial score (nSPS) is 11.1. The average Bonchev–Trinajstić information content (AvgIpc) is 2.68. The first kappa shape index (κ1) is 20.7. The van der Waals surface area contributed by atoms with E-state index in [-0.39, 0.29) is 27.5 Å². The lowest BCUT2D eigenvalue weighted by atomic mass is 10.2. The maximum Gasteiger partial charge on any atom is 0.294 e. The van der Waals surface area contributed by atoms with Crippen LogP contribution in [0.15, 0.2) is 58.2 Å². The smallest absolute Gasteiger partial charge is 0.294 e. The number of nitrogens with one attached hydrogen (secondary N) is 2. The van der Waals surface area contributed by atoms with Gasteiger partial charge in [-0.1, -0.05) is 12.1 Å². The number of hydrogen-bond donors (Lipinski definition) is 2. The Bertz CT molecular complexity index is 1290. The highest BCUT2D eigenvalue weighted by Gasteiger charge is 2.20. The van der Waals surface area contributed by atoms with E-state index in [1.165, 1.54) is 43.3 Å². The van der Waals surface area contributed by atoms with Crippen LogP contribution in [0.2, 0.25) is 0 Å². The third kappa shape index (κ3) is 4.52. The number of hydrogen-bond acceptors (Lipinski definition) is 8. The van der Waals surface area contributed by atoms with Crippen LogP contribution in [0.25, 0.3) is 10.9 Å². The maximum absolute atomic E-state index is 12.8. The summed E-state index contributed by atoms with van der Waals surface area (Å²) in [5.74, 6) is -0.637. The molecule has 3 rings (SSSR count). The van der Waals surface area contributed by atoms with Gasteiger partial charge in [-0.25, -0.2) is 9.82 Å². The summed E-state index contributed by atoms with van der Waals surface area (Å²) in [7, 11) is -4.28. The molecule has 0 atom stereocenters. The molecule has 0 unspecified atom stereocenters. The molecule has 30 heavy (non-hydrogen) atoms. The van der Waals surface area contributed by atoms with Crippen molar-refractivity contribution in [3.8, 4) is 0 Å². The zero-order chi connectivity index (χ0) is 21.9. The highest BCUT2D eigenvalue weighted by atomic mass is 32.2. The predicted molar refractivity (Wildman–Crippen MR) is 105 cm³/mol. The average molecular weight is 433 g/mol. The molecule has 0 saturated heterocycles. The summed E-state index contributed by atoms with van der Waals surface area (Å²) in [6, 6.07) is 11.3. The topological polar surface area (TPSA) is 163 Å².